The van der Waals surface area contributed by atoms with Gasteiger partial charge in [-0.05, 0) is 56.2 Å². The molecule has 1 aliphatic rings. The highest BCUT2D eigenvalue weighted by molar-refractivity contribution is 7.80. The fourth-order valence-electron chi connectivity index (χ4n) is 3.34. The number of ether oxygens (including phenoxy) is 1. The van der Waals surface area contributed by atoms with Crippen LogP contribution in [0.1, 0.15) is 18.1 Å². The summed E-state index contributed by atoms with van der Waals surface area (Å²) in [5, 5.41) is 4.25. The first kappa shape index (κ1) is 18.5. The van der Waals surface area contributed by atoms with E-state index < -0.39 is 0 Å². The summed E-state index contributed by atoms with van der Waals surface area (Å²) in [6.45, 7) is 10.6. The van der Waals surface area contributed by atoms with Crippen molar-refractivity contribution in [3.63, 3.8) is 0 Å². The maximum absolute atomic E-state index is 5.78. The van der Waals surface area contributed by atoms with Gasteiger partial charge < -0.3 is 19.9 Å². The van der Waals surface area contributed by atoms with Crippen LogP contribution < -0.4 is 15.0 Å². The first-order valence-electron chi connectivity index (χ1n) is 9.19. The van der Waals surface area contributed by atoms with Crippen LogP contribution in [0, 0.1) is 13.8 Å². The number of piperazine rings is 1. The second-order valence-corrected chi connectivity index (χ2v) is 6.96. The summed E-state index contributed by atoms with van der Waals surface area (Å²) >= 11 is 5.67. The van der Waals surface area contributed by atoms with Crippen LogP contribution >= 0.6 is 12.2 Å². The fourth-order valence-corrected chi connectivity index (χ4v) is 3.63. The highest BCUT2D eigenvalue weighted by atomic mass is 32.1. The molecule has 26 heavy (non-hydrogen) atoms. The van der Waals surface area contributed by atoms with Crippen LogP contribution in [0.2, 0.25) is 0 Å². The molecule has 0 saturated carbocycles. The molecule has 1 saturated heterocycles. The predicted molar refractivity (Wildman–Crippen MR) is 114 cm³/mol. The zero-order valence-corrected chi connectivity index (χ0v) is 16.6. The van der Waals surface area contributed by atoms with Crippen molar-refractivity contribution in [3.8, 4) is 5.75 Å². The minimum Gasteiger partial charge on any atom is -0.492 e. The number of para-hydroxylation sites is 3. The van der Waals surface area contributed by atoms with Crippen LogP contribution in [-0.2, 0) is 0 Å². The molecular weight excluding hydrogens is 342 g/mol. The van der Waals surface area contributed by atoms with Gasteiger partial charge in [0.1, 0.15) is 5.75 Å². The molecule has 138 valence electrons. The summed E-state index contributed by atoms with van der Waals surface area (Å²) in [5.41, 5.74) is 4.73. The monoisotopic (exact) mass is 369 g/mol. The average Bonchev–Trinajstić information content (AvgIpc) is 2.66. The number of rotatable bonds is 4. The van der Waals surface area contributed by atoms with Gasteiger partial charge in [0.15, 0.2) is 5.11 Å². The van der Waals surface area contributed by atoms with Crippen LogP contribution in [0.5, 0.6) is 5.75 Å². The maximum Gasteiger partial charge on any atom is 0.173 e. The molecule has 0 aliphatic carbocycles. The molecule has 0 spiro atoms. The van der Waals surface area contributed by atoms with Crippen molar-refractivity contribution in [2.24, 2.45) is 0 Å². The highest BCUT2D eigenvalue weighted by Crippen LogP contribution is 2.29. The second kappa shape index (κ2) is 8.41. The van der Waals surface area contributed by atoms with Gasteiger partial charge in [0.05, 0.1) is 12.3 Å². The SMILES string of the molecule is CCOc1ccccc1N1CCN(C(=S)Nc2c(C)cccc2C)CC1. The molecule has 0 amide bonds. The van der Waals surface area contributed by atoms with Gasteiger partial charge in [-0.3, -0.25) is 0 Å². The number of anilines is 2. The van der Waals surface area contributed by atoms with Crippen molar-refractivity contribution in [3.05, 3.63) is 53.6 Å². The smallest absolute Gasteiger partial charge is 0.173 e. The van der Waals surface area contributed by atoms with E-state index in [0.717, 1.165) is 42.7 Å². The molecule has 0 atom stereocenters. The molecule has 1 aliphatic heterocycles. The molecule has 5 heteroatoms. The molecule has 1 fully saturated rings. The van der Waals surface area contributed by atoms with Crippen molar-refractivity contribution >= 4 is 28.7 Å². The normalized spacial score (nSPS) is 14.3. The largest absolute Gasteiger partial charge is 0.492 e. The number of hydrogen-bond donors (Lipinski definition) is 1. The topological polar surface area (TPSA) is 27.7 Å². The number of nitrogens with zero attached hydrogens (tertiary/aromatic N) is 2. The van der Waals surface area contributed by atoms with E-state index >= 15 is 0 Å². The maximum atomic E-state index is 5.78. The van der Waals surface area contributed by atoms with E-state index in [1.54, 1.807) is 0 Å². The molecular formula is C21H27N3OS. The van der Waals surface area contributed by atoms with Gasteiger partial charge in [-0.1, -0.05) is 30.3 Å². The minimum atomic E-state index is 0.681. The van der Waals surface area contributed by atoms with Crippen molar-refractivity contribution in [2.75, 3.05) is 43.0 Å². The van der Waals surface area contributed by atoms with Gasteiger partial charge in [0, 0.05) is 31.9 Å². The lowest BCUT2D eigenvalue weighted by Crippen LogP contribution is -2.50. The Hall–Kier alpha value is -2.27. The first-order chi connectivity index (χ1) is 12.6. The molecule has 2 aromatic carbocycles. The quantitative estimate of drug-likeness (QED) is 0.815. The molecule has 0 unspecified atom stereocenters. The molecule has 0 aromatic heterocycles. The van der Waals surface area contributed by atoms with Crippen molar-refractivity contribution in [2.45, 2.75) is 20.8 Å². The number of benzene rings is 2. The first-order valence-corrected chi connectivity index (χ1v) is 9.60. The van der Waals surface area contributed by atoms with E-state index in [1.165, 1.54) is 16.8 Å². The van der Waals surface area contributed by atoms with Gasteiger partial charge in [-0.2, -0.15) is 0 Å². The zero-order valence-electron chi connectivity index (χ0n) is 15.8. The third kappa shape index (κ3) is 4.10. The number of hydrogen-bond acceptors (Lipinski definition) is 3. The molecule has 4 nitrogen and oxygen atoms in total. The Morgan fingerprint density at radius 2 is 1.65 bits per heavy atom. The summed E-state index contributed by atoms with van der Waals surface area (Å²) in [6, 6.07) is 14.6. The summed E-state index contributed by atoms with van der Waals surface area (Å²) in [5.74, 6) is 0.958. The summed E-state index contributed by atoms with van der Waals surface area (Å²) in [4.78, 5) is 4.63. The van der Waals surface area contributed by atoms with Gasteiger partial charge in [0.25, 0.3) is 0 Å². The summed E-state index contributed by atoms with van der Waals surface area (Å²) < 4.78 is 5.78. The van der Waals surface area contributed by atoms with Gasteiger partial charge in [-0.15, -0.1) is 0 Å². The standard InChI is InChI=1S/C21H27N3OS/c1-4-25-19-11-6-5-10-18(19)23-12-14-24(15-13-23)21(26)22-20-16(2)8-7-9-17(20)3/h5-11H,4,12-15H2,1-3H3,(H,22,26). The van der Waals surface area contributed by atoms with Crippen LogP contribution in [0.15, 0.2) is 42.5 Å². The Labute approximate surface area is 161 Å². The Kier molecular flexibility index (Phi) is 5.99. The van der Waals surface area contributed by atoms with Gasteiger partial charge >= 0.3 is 0 Å². The number of aryl methyl sites for hydroxylation is 2. The predicted octanol–water partition coefficient (Wildman–Crippen LogP) is 4.22. The lowest BCUT2D eigenvalue weighted by molar-refractivity contribution is 0.336. The number of nitrogens with one attached hydrogen (secondary N) is 1. The van der Waals surface area contributed by atoms with Crippen LogP contribution in [0.25, 0.3) is 0 Å². The average molecular weight is 370 g/mol. The van der Waals surface area contributed by atoms with Crippen molar-refractivity contribution < 1.29 is 4.74 Å². The van der Waals surface area contributed by atoms with E-state index in [9.17, 15) is 0 Å². The molecule has 0 radical (unpaired) electrons. The summed E-state index contributed by atoms with van der Waals surface area (Å²) in [6.07, 6.45) is 0. The highest BCUT2D eigenvalue weighted by Gasteiger charge is 2.21. The summed E-state index contributed by atoms with van der Waals surface area (Å²) in [7, 11) is 0. The van der Waals surface area contributed by atoms with E-state index in [1.807, 2.05) is 19.1 Å². The molecule has 3 rings (SSSR count). The Morgan fingerprint density at radius 3 is 2.31 bits per heavy atom. The minimum absolute atomic E-state index is 0.681. The Balaban J connectivity index is 1.63. The fraction of sp³-hybridized carbons (Fsp3) is 0.381. The van der Waals surface area contributed by atoms with Crippen LogP contribution in [0.3, 0.4) is 0 Å². The van der Waals surface area contributed by atoms with Crippen LogP contribution in [0.4, 0.5) is 11.4 Å². The molecule has 0 bridgehead atoms. The van der Waals surface area contributed by atoms with Gasteiger partial charge in [-0.25, -0.2) is 0 Å². The molecule has 1 N–H and O–H groups in total. The van der Waals surface area contributed by atoms with Crippen LogP contribution in [-0.4, -0.2) is 42.8 Å². The van der Waals surface area contributed by atoms with E-state index in [4.69, 9.17) is 17.0 Å². The third-order valence-electron chi connectivity index (χ3n) is 4.79. The van der Waals surface area contributed by atoms with Gasteiger partial charge in [0.2, 0.25) is 0 Å². The number of thiocarbonyl (C=S) groups is 1. The van der Waals surface area contributed by atoms with E-state index in [0.29, 0.717) is 6.61 Å². The molecule has 2 aromatic rings. The Morgan fingerprint density at radius 1 is 1.00 bits per heavy atom. The molecule has 1 heterocycles. The third-order valence-corrected chi connectivity index (χ3v) is 5.15. The van der Waals surface area contributed by atoms with Crippen molar-refractivity contribution in [1.29, 1.82) is 0 Å². The lowest BCUT2D eigenvalue weighted by atomic mass is 10.1. The zero-order chi connectivity index (χ0) is 18.5. The van der Waals surface area contributed by atoms with Crippen molar-refractivity contribution in [1.82, 2.24) is 4.90 Å². The lowest BCUT2D eigenvalue weighted by Gasteiger charge is -2.38. The Bertz CT molecular complexity index is 749. The second-order valence-electron chi connectivity index (χ2n) is 6.57. The van der Waals surface area contributed by atoms with E-state index in [2.05, 4.69) is 59.3 Å². The van der Waals surface area contributed by atoms with E-state index in [-0.39, 0.29) is 0 Å².